The Morgan fingerprint density at radius 1 is 1.60 bits per heavy atom. The Morgan fingerprint density at radius 2 is 2.33 bits per heavy atom. The summed E-state index contributed by atoms with van der Waals surface area (Å²) >= 11 is 0. The van der Waals surface area contributed by atoms with Gasteiger partial charge in [0.05, 0.1) is 12.3 Å². The molecule has 1 aromatic rings. The standard InChI is InChI=1S/C11H14N2O2/c1-3-15-11(14)5-4-9-6-8(2)7-10(12)13-9/h4-7H,3H2,1-2H3,(H2,12,13). The van der Waals surface area contributed by atoms with E-state index in [9.17, 15) is 4.79 Å². The third-order valence-electron chi connectivity index (χ3n) is 1.69. The van der Waals surface area contributed by atoms with Crippen LogP contribution in [-0.2, 0) is 9.53 Å². The summed E-state index contributed by atoms with van der Waals surface area (Å²) in [5.41, 5.74) is 7.22. The fraction of sp³-hybridized carbons (Fsp3) is 0.273. The molecule has 0 aromatic carbocycles. The number of anilines is 1. The largest absolute Gasteiger partial charge is 0.463 e. The quantitative estimate of drug-likeness (QED) is 0.602. The zero-order valence-electron chi connectivity index (χ0n) is 8.86. The molecule has 0 amide bonds. The normalized spacial score (nSPS) is 10.5. The van der Waals surface area contributed by atoms with Gasteiger partial charge in [-0.2, -0.15) is 0 Å². The predicted molar refractivity (Wildman–Crippen MR) is 59.1 cm³/mol. The molecule has 0 spiro atoms. The molecule has 80 valence electrons. The number of ether oxygens (including phenoxy) is 1. The average Bonchev–Trinajstić information content (AvgIpc) is 2.14. The van der Waals surface area contributed by atoms with Crippen molar-refractivity contribution in [3.63, 3.8) is 0 Å². The van der Waals surface area contributed by atoms with Crippen molar-refractivity contribution in [2.45, 2.75) is 13.8 Å². The summed E-state index contributed by atoms with van der Waals surface area (Å²) in [6.45, 7) is 4.04. The summed E-state index contributed by atoms with van der Waals surface area (Å²) in [4.78, 5) is 15.1. The van der Waals surface area contributed by atoms with Crippen LogP contribution < -0.4 is 5.73 Å². The molecule has 0 unspecified atom stereocenters. The third kappa shape index (κ3) is 3.81. The van der Waals surface area contributed by atoms with Gasteiger partial charge in [-0.25, -0.2) is 9.78 Å². The minimum absolute atomic E-state index is 0.368. The van der Waals surface area contributed by atoms with Crippen molar-refractivity contribution in [1.82, 2.24) is 4.98 Å². The molecule has 1 aromatic heterocycles. The van der Waals surface area contributed by atoms with Gasteiger partial charge >= 0.3 is 5.97 Å². The fourth-order valence-electron chi connectivity index (χ4n) is 1.15. The van der Waals surface area contributed by atoms with Crippen LogP contribution in [0, 0.1) is 6.92 Å². The van der Waals surface area contributed by atoms with E-state index >= 15 is 0 Å². The van der Waals surface area contributed by atoms with Gasteiger partial charge in [0.2, 0.25) is 0 Å². The smallest absolute Gasteiger partial charge is 0.330 e. The molecule has 1 rings (SSSR count). The molecule has 0 aliphatic rings. The number of carbonyl (C=O) groups is 1. The van der Waals surface area contributed by atoms with Gasteiger partial charge < -0.3 is 10.5 Å². The van der Waals surface area contributed by atoms with Crippen LogP contribution in [0.15, 0.2) is 18.2 Å². The molecule has 4 heteroatoms. The molecule has 0 atom stereocenters. The van der Waals surface area contributed by atoms with E-state index in [0.717, 1.165) is 5.56 Å². The molecule has 0 bridgehead atoms. The van der Waals surface area contributed by atoms with Gasteiger partial charge in [-0.1, -0.05) is 0 Å². The maximum Gasteiger partial charge on any atom is 0.330 e. The van der Waals surface area contributed by atoms with Gasteiger partial charge in [0.25, 0.3) is 0 Å². The maximum atomic E-state index is 11.0. The molecule has 0 saturated heterocycles. The van der Waals surface area contributed by atoms with Crippen LogP contribution in [0.25, 0.3) is 6.08 Å². The number of pyridine rings is 1. The molecule has 0 aliphatic heterocycles. The topological polar surface area (TPSA) is 65.2 Å². The number of carbonyl (C=O) groups excluding carboxylic acids is 1. The first kappa shape index (κ1) is 11.2. The number of esters is 1. The lowest BCUT2D eigenvalue weighted by atomic mass is 10.2. The van der Waals surface area contributed by atoms with Crippen molar-refractivity contribution < 1.29 is 9.53 Å². The van der Waals surface area contributed by atoms with Gasteiger partial charge in [0, 0.05) is 6.08 Å². The van der Waals surface area contributed by atoms with E-state index in [1.54, 1.807) is 19.1 Å². The highest BCUT2D eigenvalue weighted by Gasteiger charge is 1.96. The first-order chi connectivity index (χ1) is 7.11. The molecule has 0 aliphatic carbocycles. The van der Waals surface area contributed by atoms with Crippen molar-refractivity contribution in [2.24, 2.45) is 0 Å². The monoisotopic (exact) mass is 206 g/mol. The summed E-state index contributed by atoms with van der Waals surface area (Å²) in [5.74, 6) is 0.0675. The van der Waals surface area contributed by atoms with Crippen LogP contribution >= 0.6 is 0 Å². The molecule has 0 fully saturated rings. The average molecular weight is 206 g/mol. The Hall–Kier alpha value is -1.84. The van der Waals surface area contributed by atoms with E-state index in [4.69, 9.17) is 10.5 Å². The Bertz CT molecular complexity index is 366. The lowest BCUT2D eigenvalue weighted by Gasteiger charge is -1.99. The Balaban J connectivity index is 2.76. The summed E-state index contributed by atoms with van der Waals surface area (Å²) in [6.07, 6.45) is 2.92. The second-order valence-electron chi connectivity index (χ2n) is 3.08. The minimum Gasteiger partial charge on any atom is -0.463 e. The van der Waals surface area contributed by atoms with Gasteiger partial charge in [-0.05, 0) is 37.6 Å². The Morgan fingerprint density at radius 3 is 2.93 bits per heavy atom. The number of nitrogens with two attached hydrogens (primary N) is 1. The van der Waals surface area contributed by atoms with Crippen LogP contribution in [0.5, 0.6) is 0 Å². The highest BCUT2D eigenvalue weighted by atomic mass is 16.5. The molecule has 4 nitrogen and oxygen atoms in total. The predicted octanol–water partition coefficient (Wildman–Crippen LogP) is 1.55. The summed E-state index contributed by atoms with van der Waals surface area (Å²) in [5, 5.41) is 0. The van der Waals surface area contributed by atoms with Crippen LogP contribution in [0.1, 0.15) is 18.2 Å². The molecular formula is C11H14N2O2. The minimum atomic E-state index is -0.376. The molecule has 2 N–H and O–H groups in total. The van der Waals surface area contributed by atoms with E-state index < -0.39 is 0 Å². The highest BCUT2D eigenvalue weighted by molar-refractivity contribution is 5.86. The molecule has 0 radical (unpaired) electrons. The van der Waals surface area contributed by atoms with Crippen LogP contribution in [0.4, 0.5) is 5.82 Å². The van der Waals surface area contributed by atoms with Crippen LogP contribution in [0.3, 0.4) is 0 Å². The molecule has 0 saturated carbocycles. The SMILES string of the molecule is CCOC(=O)C=Cc1cc(C)cc(N)n1. The van der Waals surface area contributed by atoms with Crippen LogP contribution in [0.2, 0.25) is 0 Å². The number of hydrogen-bond donors (Lipinski definition) is 1. The number of nitrogen functional groups attached to an aromatic ring is 1. The summed E-state index contributed by atoms with van der Waals surface area (Å²) in [7, 11) is 0. The van der Waals surface area contributed by atoms with Crippen molar-refractivity contribution >= 4 is 17.9 Å². The van der Waals surface area contributed by atoms with E-state index in [0.29, 0.717) is 18.1 Å². The number of nitrogens with zero attached hydrogens (tertiary/aromatic N) is 1. The number of aryl methyl sites for hydroxylation is 1. The lowest BCUT2D eigenvalue weighted by molar-refractivity contribution is -0.137. The Kier molecular flexibility index (Phi) is 3.85. The summed E-state index contributed by atoms with van der Waals surface area (Å²) in [6, 6.07) is 3.60. The van der Waals surface area contributed by atoms with E-state index in [1.807, 2.05) is 13.0 Å². The zero-order chi connectivity index (χ0) is 11.3. The number of hydrogen-bond acceptors (Lipinski definition) is 4. The van der Waals surface area contributed by atoms with E-state index in [2.05, 4.69) is 4.98 Å². The molecule has 15 heavy (non-hydrogen) atoms. The van der Waals surface area contributed by atoms with Gasteiger partial charge in [0.15, 0.2) is 0 Å². The van der Waals surface area contributed by atoms with Crippen LogP contribution in [-0.4, -0.2) is 17.6 Å². The van der Waals surface area contributed by atoms with Crippen molar-refractivity contribution in [3.05, 3.63) is 29.5 Å². The molecule has 1 heterocycles. The van der Waals surface area contributed by atoms with E-state index in [-0.39, 0.29) is 5.97 Å². The Labute approximate surface area is 88.8 Å². The molecular weight excluding hydrogens is 192 g/mol. The van der Waals surface area contributed by atoms with Gasteiger partial charge in [-0.3, -0.25) is 0 Å². The second-order valence-corrected chi connectivity index (χ2v) is 3.08. The third-order valence-corrected chi connectivity index (χ3v) is 1.69. The first-order valence-corrected chi connectivity index (χ1v) is 4.71. The number of rotatable bonds is 3. The van der Waals surface area contributed by atoms with Crippen molar-refractivity contribution in [1.29, 1.82) is 0 Å². The zero-order valence-corrected chi connectivity index (χ0v) is 8.86. The van der Waals surface area contributed by atoms with E-state index in [1.165, 1.54) is 6.08 Å². The maximum absolute atomic E-state index is 11.0. The van der Waals surface area contributed by atoms with Gasteiger partial charge in [-0.15, -0.1) is 0 Å². The first-order valence-electron chi connectivity index (χ1n) is 4.71. The lowest BCUT2D eigenvalue weighted by Crippen LogP contribution is -1.99. The fourth-order valence-corrected chi connectivity index (χ4v) is 1.15. The summed E-state index contributed by atoms with van der Waals surface area (Å²) < 4.78 is 4.74. The number of aromatic nitrogens is 1. The van der Waals surface area contributed by atoms with Crippen molar-refractivity contribution in [3.8, 4) is 0 Å². The highest BCUT2D eigenvalue weighted by Crippen LogP contribution is 2.07. The van der Waals surface area contributed by atoms with Crippen molar-refractivity contribution in [2.75, 3.05) is 12.3 Å². The second kappa shape index (κ2) is 5.14. The van der Waals surface area contributed by atoms with Gasteiger partial charge in [0.1, 0.15) is 5.82 Å².